The average molecular weight is 293 g/mol. The number of aromatic nitrogens is 3. The quantitative estimate of drug-likeness (QED) is 0.852. The summed E-state index contributed by atoms with van der Waals surface area (Å²) in [5.41, 5.74) is 2.31. The van der Waals surface area contributed by atoms with Gasteiger partial charge in [-0.15, -0.1) is 0 Å². The van der Waals surface area contributed by atoms with Crippen molar-refractivity contribution >= 4 is 11.6 Å². The van der Waals surface area contributed by atoms with E-state index in [1.54, 1.807) is 6.20 Å². The Bertz CT molecular complexity index is 524. The molecule has 2 rings (SSSR count). The van der Waals surface area contributed by atoms with Gasteiger partial charge in [-0.3, -0.25) is 9.67 Å². The molecule has 0 radical (unpaired) electrons. The minimum absolute atomic E-state index is 0.173. The van der Waals surface area contributed by atoms with Crippen molar-refractivity contribution in [2.75, 3.05) is 6.54 Å². The molecule has 0 aliphatic heterocycles. The van der Waals surface area contributed by atoms with E-state index in [0.29, 0.717) is 0 Å². The van der Waals surface area contributed by atoms with E-state index in [9.17, 15) is 0 Å². The summed E-state index contributed by atoms with van der Waals surface area (Å²) >= 11 is 6.33. The summed E-state index contributed by atoms with van der Waals surface area (Å²) in [6.45, 7) is 6.02. The van der Waals surface area contributed by atoms with E-state index < -0.39 is 0 Å². The third-order valence-corrected chi connectivity index (χ3v) is 3.58. The normalized spacial score (nSPS) is 12.6. The molecule has 0 aromatic carbocycles. The van der Waals surface area contributed by atoms with Crippen molar-refractivity contribution in [3.63, 3.8) is 0 Å². The Balaban J connectivity index is 2.24. The number of nitrogens with zero attached hydrogens (tertiary/aromatic N) is 3. The number of halogens is 1. The molecule has 2 aromatic heterocycles. The Morgan fingerprint density at radius 1 is 1.30 bits per heavy atom. The highest BCUT2D eigenvalue weighted by Gasteiger charge is 2.19. The van der Waals surface area contributed by atoms with Crippen LogP contribution in [0.15, 0.2) is 30.7 Å². The fourth-order valence-electron chi connectivity index (χ4n) is 2.31. The van der Waals surface area contributed by atoms with E-state index in [0.717, 1.165) is 36.6 Å². The molecule has 20 heavy (non-hydrogen) atoms. The Morgan fingerprint density at radius 3 is 2.70 bits per heavy atom. The molecular weight excluding hydrogens is 272 g/mol. The van der Waals surface area contributed by atoms with Crippen molar-refractivity contribution in [1.82, 2.24) is 20.1 Å². The number of hydrogen-bond donors (Lipinski definition) is 1. The topological polar surface area (TPSA) is 42.7 Å². The van der Waals surface area contributed by atoms with Crippen molar-refractivity contribution in [1.29, 1.82) is 0 Å². The summed E-state index contributed by atoms with van der Waals surface area (Å²) in [6.07, 6.45) is 7.35. The van der Waals surface area contributed by atoms with Gasteiger partial charge in [-0.1, -0.05) is 18.5 Å². The number of aryl methyl sites for hydroxylation is 1. The maximum absolute atomic E-state index is 6.33. The summed E-state index contributed by atoms with van der Waals surface area (Å²) in [6, 6.07) is 4.26. The molecule has 0 bridgehead atoms. The molecule has 108 valence electrons. The lowest BCUT2D eigenvalue weighted by Crippen LogP contribution is -2.27. The van der Waals surface area contributed by atoms with Crippen molar-refractivity contribution in [2.45, 2.75) is 39.3 Å². The van der Waals surface area contributed by atoms with Gasteiger partial charge in [-0.25, -0.2) is 0 Å². The molecule has 0 saturated heterocycles. The first-order valence-corrected chi connectivity index (χ1v) is 7.47. The van der Waals surface area contributed by atoms with Gasteiger partial charge in [0.25, 0.3) is 0 Å². The second kappa shape index (κ2) is 7.41. The summed E-state index contributed by atoms with van der Waals surface area (Å²) in [5.74, 6) is 0. The van der Waals surface area contributed by atoms with Crippen LogP contribution in [0.1, 0.15) is 37.6 Å². The van der Waals surface area contributed by atoms with Gasteiger partial charge in [0.1, 0.15) is 0 Å². The number of rotatable bonds is 7. The predicted molar refractivity (Wildman–Crippen MR) is 81.9 cm³/mol. The van der Waals surface area contributed by atoms with Crippen molar-refractivity contribution in [3.05, 3.63) is 47.0 Å². The predicted octanol–water partition coefficient (Wildman–Crippen LogP) is 3.23. The standard InChI is InChI=1S/C15H21ClN4/c1-3-7-18-14(10-12-5-8-17-9-6-12)15-13(16)11-19-20(15)4-2/h5-6,8-9,11,14,18H,3-4,7,10H2,1-2H3. The molecule has 4 nitrogen and oxygen atoms in total. The largest absolute Gasteiger partial charge is 0.308 e. The fraction of sp³-hybridized carbons (Fsp3) is 0.467. The molecule has 1 atom stereocenters. The monoisotopic (exact) mass is 292 g/mol. The van der Waals surface area contributed by atoms with Gasteiger partial charge < -0.3 is 5.32 Å². The Hall–Kier alpha value is -1.39. The minimum Gasteiger partial charge on any atom is -0.308 e. The van der Waals surface area contributed by atoms with Gasteiger partial charge in [0.05, 0.1) is 23.0 Å². The third kappa shape index (κ3) is 3.58. The second-order valence-electron chi connectivity index (χ2n) is 4.76. The van der Waals surface area contributed by atoms with Gasteiger partial charge in [0.2, 0.25) is 0 Å². The lowest BCUT2D eigenvalue weighted by Gasteiger charge is -2.20. The van der Waals surface area contributed by atoms with Gasteiger partial charge >= 0.3 is 0 Å². The van der Waals surface area contributed by atoms with Crippen LogP contribution in [0.4, 0.5) is 0 Å². The van der Waals surface area contributed by atoms with Crippen molar-refractivity contribution < 1.29 is 0 Å². The summed E-state index contributed by atoms with van der Waals surface area (Å²) in [5, 5.41) is 8.64. The van der Waals surface area contributed by atoms with Crippen LogP contribution < -0.4 is 5.32 Å². The maximum Gasteiger partial charge on any atom is 0.0834 e. The fourth-order valence-corrected chi connectivity index (χ4v) is 2.58. The average Bonchev–Trinajstić information content (AvgIpc) is 2.85. The van der Waals surface area contributed by atoms with Gasteiger partial charge in [-0.2, -0.15) is 5.10 Å². The smallest absolute Gasteiger partial charge is 0.0834 e. The van der Waals surface area contributed by atoms with Crippen molar-refractivity contribution in [3.8, 4) is 0 Å². The lowest BCUT2D eigenvalue weighted by atomic mass is 10.0. The van der Waals surface area contributed by atoms with Crippen molar-refractivity contribution in [2.24, 2.45) is 0 Å². The first-order chi connectivity index (χ1) is 9.76. The van der Waals surface area contributed by atoms with Crippen LogP contribution in [0.3, 0.4) is 0 Å². The molecule has 2 heterocycles. The molecule has 5 heteroatoms. The second-order valence-corrected chi connectivity index (χ2v) is 5.17. The number of nitrogens with one attached hydrogen (secondary N) is 1. The highest BCUT2D eigenvalue weighted by atomic mass is 35.5. The highest BCUT2D eigenvalue weighted by molar-refractivity contribution is 6.31. The molecular formula is C15H21ClN4. The minimum atomic E-state index is 0.173. The molecule has 2 aromatic rings. The van der Waals surface area contributed by atoms with Crippen LogP contribution in [0.5, 0.6) is 0 Å². The van der Waals surface area contributed by atoms with Crippen LogP contribution in [0.2, 0.25) is 5.02 Å². The molecule has 0 fully saturated rings. The lowest BCUT2D eigenvalue weighted by molar-refractivity contribution is 0.479. The van der Waals surface area contributed by atoms with Crippen LogP contribution >= 0.6 is 11.6 Å². The molecule has 0 amide bonds. The SMILES string of the molecule is CCCNC(Cc1ccncc1)c1c(Cl)cnn1CC. The van der Waals surface area contributed by atoms with Crippen LogP contribution in [-0.2, 0) is 13.0 Å². The Morgan fingerprint density at radius 2 is 2.05 bits per heavy atom. The van der Waals surface area contributed by atoms with E-state index >= 15 is 0 Å². The molecule has 1 N–H and O–H groups in total. The zero-order valence-corrected chi connectivity index (χ0v) is 12.8. The number of pyridine rings is 1. The summed E-state index contributed by atoms with van der Waals surface area (Å²) in [4.78, 5) is 4.06. The van der Waals surface area contributed by atoms with Crippen LogP contribution in [-0.4, -0.2) is 21.3 Å². The van der Waals surface area contributed by atoms with E-state index in [1.165, 1.54) is 5.56 Å². The van der Waals surface area contributed by atoms with Gasteiger partial charge in [-0.05, 0) is 44.0 Å². The maximum atomic E-state index is 6.33. The van der Waals surface area contributed by atoms with Gasteiger partial charge in [0, 0.05) is 18.9 Å². The Kier molecular flexibility index (Phi) is 5.56. The molecule has 0 saturated carbocycles. The molecule has 0 aliphatic rings. The summed E-state index contributed by atoms with van der Waals surface area (Å²) in [7, 11) is 0. The van der Waals surface area contributed by atoms with E-state index in [2.05, 4.69) is 29.2 Å². The first kappa shape index (κ1) is 15.0. The van der Waals surface area contributed by atoms with E-state index in [-0.39, 0.29) is 6.04 Å². The third-order valence-electron chi connectivity index (χ3n) is 3.29. The van der Waals surface area contributed by atoms with Crippen LogP contribution in [0.25, 0.3) is 0 Å². The Labute approximate surface area is 125 Å². The van der Waals surface area contributed by atoms with E-state index in [1.807, 2.05) is 29.2 Å². The van der Waals surface area contributed by atoms with Crippen LogP contribution in [0, 0.1) is 0 Å². The molecule has 0 aliphatic carbocycles. The van der Waals surface area contributed by atoms with E-state index in [4.69, 9.17) is 11.6 Å². The summed E-state index contributed by atoms with van der Waals surface area (Å²) < 4.78 is 1.97. The van der Waals surface area contributed by atoms with Gasteiger partial charge in [0.15, 0.2) is 0 Å². The zero-order chi connectivity index (χ0) is 14.4. The molecule has 0 spiro atoms. The number of hydrogen-bond acceptors (Lipinski definition) is 3. The first-order valence-electron chi connectivity index (χ1n) is 7.09. The molecule has 1 unspecified atom stereocenters. The highest BCUT2D eigenvalue weighted by Crippen LogP contribution is 2.25. The zero-order valence-electron chi connectivity index (χ0n) is 12.0.